The molecule has 1 aliphatic rings. The lowest BCUT2D eigenvalue weighted by Gasteiger charge is -2.15. The normalized spacial score (nSPS) is 13.5. The lowest BCUT2D eigenvalue weighted by atomic mass is 9.90. The summed E-state index contributed by atoms with van der Waals surface area (Å²) in [6.45, 7) is 13.7. The first kappa shape index (κ1) is 38.0. The Morgan fingerprint density at radius 3 is 1.00 bits per heavy atom. The lowest BCUT2D eigenvalue weighted by molar-refractivity contribution is -0.345. The monoisotopic (exact) mass is 625 g/mol. The summed E-state index contributed by atoms with van der Waals surface area (Å²) in [5.41, 5.74) is 25.5. The van der Waals surface area contributed by atoms with Gasteiger partial charge in [-0.3, -0.25) is 0 Å². The molecule has 0 bridgehead atoms. The Labute approximate surface area is 284 Å². The number of rotatable bonds is 24. The highest BCUT2D eigenvalue weighted by molar-refractivity contribution is 5.82. The number of hydrogen-bond donors (Lipinski definition) is 0. The minimum atomic E-state index is 1.02. The van der Waals surface area contributed by atoms with E-state index in [0.29, 0.717) is 0 Å². The van der Waals surface area contributed by atoms with Crippen molar-refractivity contribution >= 4 is 11.4 Å². The molecular formula is C44H68N2. The SMILES string of the molecule is CCCCCCc1cc(CCCCCC)cc(C2=C(CCCC)C(CCCC)=C(c3cc(CCCC)cc(CCCC)c3)[N+]2=[N-])c1. The van der Waals surface area contributed by atoms with Gasteiger partial charge in [-0.15, -0.1) is 0 Å². The third-order valence-electron chi connectivity index (χ3n) is 9.85. The maximum atomic E-state index is 12.4. The van der Waals surface area contributed by atoms with Crippen molar-refractivity contribution in [2.24, 2.45) is 0 Å². The Morgan fingerprint density at radius 2 is 0.674 bits per heavy atom. The first-order valence-corrected chi connectivity index (χ1v) is 19.7. The molecule has 46 heavy (non-hydrogen) atoms. The molecule has 2 heteroatoms. The van der Waals surface area contributed by atoms with E-state index >= 15 is 0 Å². The topological polar surface area (TPSA) is 25.3 Å². The van der Waals surface area contributed by atoms with Crippen molar-refractivity contribution in [1.82, 2.24) is 0 Å². The van der Waals surface area contributed by atoms with E-state index in [1.54, 1.807) is 4.70 Å². The zero-order chi connectivity index (χ0) is 33.1. The van der Waals surface area contributed by atoms with Gasteiger partial charge < -0.3 is 5.53 Å². The fraction of sp³-hybridized carbons (Fsp3) is 0.636. The number of unbranched alkanes of at least 4 members (excludes halogenated alkanes) is 10. The average Bonchev–Trinajstić information content (AvgIpc) is 3.34. The highest BCUT2D eigenvalue weighted by atomic mass is 15.2. The molecule has 0 N–H and O–H groups in total. The van der Waals surface area contributed by atoms with Crippen LogP contribution in [0.2, 0.25) is 0 Å². The minimum Gasteiger partial charge on any atom is -0.493 e. The largest absolute Gasteiger partial charge is 0.493 e. The van der Waals surface area contributed by atoms with Crippen LogP contribution in [0.25, 0.3) is 16.9 Å². The summed E-state index contributed by atoms with van der Waals surface area (Å²) in [7, 11) is 0. The Bertz CT molecular complexity index is 1220. The van der Waals surface area contributed by atoms with E-state index < -0.39 is 0 Å². The Hall–Kier alpha value is -2.48. The third kappa shape index (κ3) is 11.3. The molecule has 0 radical (unpaired) electrons. The van der Waals surface area contributed by atoms with Gasteiger partial charge in [0, 0.05) is 22.3 Å². The highest BCUT2D eigenvalue weighted by Crippen LogP contribution is 2.45. The molecule has 2 nitrogen and oxygen atoms in total. The zero-order valence-electron chi connectivity index (χ0n) is 30.9. The van der Waals surface area contributed by atoms with Gasteiger partial charge in [0.05, 0.1) is 0 Å². The predicted octanol–water partition coefficient (Wildman–Crippen LogP) is 14.2. The van der Waals surface area contributed by atoms with Gasteiger partial charge in [0.1, 0.15) is 0 Å². The second-order valence-corrected chi connectivity index (χ2v) is 14.1. The molecular weight excluding hydrogens is 556 g/mol. The second kappa shape index (κ2) is 21.4. The lowest BCUT2D eigenvalue weighted by Crippen LogP contribution is -2.05. The zero-order valence-corrected chi connectivity index (χ0v) is 30.9. The molecule has 0 saturated carbocycles. The van der Waals surface area contributed by atoms with Crippen molar-refractivity contribution in [2.45, 2.75) is 183 Å². The molecule has 1 heterocycles. The van der Waals surface area contributed by atoms with E-state index in [0.717, 1.165) is 75.6 Å². The smallest absolute Gasteiger partial charge is 0.211 e. The Balaban J connectivity index is 2.16. The quantitative estimate of drug-likeness (QED) is 0.0820. The molecule has 3 rings (SSSR count). The molecule has 0 aromatic heterocycles. The van der Waals surface area contributed by atoms with Gasteiger partial charge in [-0.25, -0.2) is 4.70 Å². The summed E-state index contributed by atoms with van der Waals surface area (Å²) in [6, 6.07) is 14.6. The van der Waals surface area contributed by atoms with Crippen LogP contribution in [0.3, 0.4) is 0 Å². The molecule has 0 atom stereocenters. The Kier molecular flexibility index (Phi) is 17.7. The molecule has 1 aliphatic heterocycles. The second-order valence-electron chi connectivity index (χ2n) is 14.1. The van der Waals surface area contributed by atoms with E-state index in [-0.39, 0.29) is 0 Å². The van der Waals surface area contributed by atoms with Gasteiger partial charge in [0.15, 0.2) is 0 Å². The predicted molar refractivity (Wildman–Crippen MR) is 202 cm³/mol. The van der Waals surface area contributed by atoms with Crippen LogP contribution in [-0.2, 0) is 25.7 Å². The molecule has 254 valence electrons. The van der Waals surface area contributed by atoms with Crippen LogP contribution in [0, 0.1) is 0 Å². The van der Waals surface area contributed by atoms with E-state index in [2.05, 4.69) is 77.9 Å². The fourth-order valence-corrected chi connectivity index (χ4v) is 7.14. The van der Waals surface area contributed by atoms with Gasteiger partial charge in [0.25, 0.3) is 0 Å². The highest BCUT2D eigenvalue weighted by Gasteiger charge is 2.35. The molecule has 0 saturated heterocycles. The maximum Gasteiger partial charge on any atom is 0.211 e. The van der Waals surface area contributed by atoms with Gasteiger partial charge in [-0.1, -0.05) is 118 Å². The molecule has 0 spiro atoms. The van der Waals surface area contributed by atoms with Crippen LogP contribution in [0.15, 0.2) is 47.5 Å². The van der Waals surface area contributed by atoms with Crippen LogP contribution in [0.1, 0.15) is 190 Å². The number of hydrogen-bond acceptors (Lipinski definition) is 0. The average molecular weight is 625 g/mol. The molecule has 0 amide bonds. The summed E-state index contributed by atoms with van der Waals surface area (Å²) in [6.07, 6.45) is 26.2. The standard InChI is InChI=1S/C44H68N2/c1-7-13-19-21-25-37-30-38(26-22-20-14-8-2)34-40(33-37)44-42(28-18-12-6)41(27-17-11-5)43(46(44)45)39-31-35(23-15-9-3)29-36(32-39)24-16-10-4/h29-34H,7-28H2,1-6H3. The number of aryl methyl sites for hydroxylation is 4. The molecule has 0 fully saturated rings. The summed E-state index contributed by atoms with van der Waals surface area (Å²) >= 11 is 0. The van der Waals surface area contributed by atoms with E-state index in [9.17, 15) is 5.53 Å². The van der Waals surface area contributed by atoms with Crippen LogP contribution in [0.4, 0.5) is 0 Å². The van der Waals surface area contributed by atoms with Crippen molar-refractivity contribution in [1.29, 1.82) is 0 Å². The third-order valence-corrected chi connectivity index (χ3v) is 9.85. The van der Waals surface area contributed by atoms with Crippen molar-refractivity contribution < 1.29 is 4.70 Å². The van der Waals surface area contributed by atoms with Gasteiger partial charge >= 0.3 is 0 Å². The molecule has 0 aliphatic carbocycles. The number of nitrogens with zero attached hydrogens (tertiary/aromatic N) is 2. The van der Waals surface area contributed by atoms with E-state index in [4.69, 9.17) is 0 Å². The molecule has 0 unspecified atom stereocenters. The van der Waals surface area contributed by atoms with Crippen molar-refractivity contribution in [2.75, 3.05) is 0 Å². The van der Waals surface area contributed by atoms with E-state index in [1.165, 1.54) is 122 Å². The van der Waals surface area contributed by atoms with Crippen LogP contribution in [-0.4, -0.2) is 4.70 Å². The first-order valence-electron chi connectivity index (χ1n) is 19.7. The van der Waals surface area contributed by atoms with Crippen LogP contribution < -0.4 is 0 Å². The van der Waals surface area contributed by atoms with Crippen molar-refractivity contribution in [3.8, 4) is 0 Å². The maximum absolute atomic E-state index is 12.4. The Morgan fingerprint density at radius 1 is 0.370 bits per heavy atom. The van der Waals surface area contributed by atoms with E-state index in [1.807, 2.05) is 0 Å². The summed E-state index contributed by atoms with van der Waals surface area (Å²) in [5.74, 6) is 0. The summed E-state index contributed by atoms with van der Waals surface area (Å²) in [4.78, 5) is 0. The fourth-order valence-electron chi connectivity index (χ4n) is 7.14. The van der Waals surface area contributed by atoms with Crippen LogP contribution >= 0.6 is 0 Å². The summed E-state index contributed by atoms with van der Waals surface area (Å²) in [5, 5.41) is 0. The van der Waals surface area contributed by atoms with Gasteiger partial charge in [-0.2, -0.15) is 0 Å². The molecule has 2 aromatic carbocycles. The van der Waals surface area contributed by atoms with Crippen molar-refractivity contribution in [3.05, 3.63) is 86.5 Å². The van der Waals surface area contributed by atoms with Crippen molar-refractivity contribution in [3.63, 3.8) is 0 Å². The minimum absolute atomic E-state index is 1.02. The summed E-state index contributed by atoms with van der Waals surface area (Å²) < 4.78 is 1.65. The first-order chi connectivity index (χ1) is 22.5. The number of allylic oxidation sites excluding steroid dienone is 2. The van der Waals surface area contributed by atoms with Gasteiger partial charge in [-0.05, 0) is 124 Å². The number of benzene rings is 2. The molecule has 2 aromatic rings. The van der Waals surface area contributed by atoms with Crippen LogP contribution in [0.5, 0.6) is 0 Å². The van der Waals surface area contributed by atoms with Gasteiger partial charge in [0.2, 0.25) is 11.4 Å².